The van der Waals surface area contributed by atoms with E-state index < -0.39 is 0 Å². The van der Waals surface area contributed by atoms with E-state index in [-0.39, 0.29) is 5.96 Å². The second-order valence-electron chi connectivity index (χ2n) is 6.84. The molecule has 0 fully saturated rings. The van der Waals surface area contributed by atoms with Gasteiger partial charge in [-0.25, -0.2) is 9.97 Å². The van der Waals surface area contributed by atoms with Crippen LogP contribution < -0.4 is 15.4 Å². The molecule has 0 aliphatic heterocycles. The fourth-order valence-corrected chi connectivity index (χ4v) is 3.06. The molecule has 0 atom stereocenters. The highest BCUT2D eigenvalue weighted by atomic mass is 16.5. The molecule has 0 aliphatic carbocycles. The number of benzene rings is 2. The number of aromatic nitrogens is 3. The van der Waals surface area contributed by atoms with Crippen molar-refractivity contribution >= 4 is 28.7 Å². The smallest absolute Gasteiger partial charge is 0.229 e. The maximum Gasteiger partial charge on any atom is 0.229 e. The zero-order valence-corrected chi connectivity index (χ0v) is 16.8. The van der Waals surface area contributed by atoms with E-state index in [1.807, 2.05) is 60.7 Å². The van der Waals surface area contributed by atoms with Gasteiger partial charge in [0.05, 0.1) is 0 Å². The lowest BCUT2D eigenvalue weighted by atomic mass is 10.2. The van der Waals surface area contributed by atoms with E-state index in [1.54, 1.807) is 30.6 Å². The SMILES string of the molecule is N=C(Nc1ccc(Oc2ccccc2)cc1)Nc1cc(-c2nc3ncccc3o2)ccn1. The summed E-state index contributed by atoms with van der Waals surface area (Å²) in [6, 6.07) is 24.1. The van der Waals surface area contributed by atoms with E-state index in [0.29, 0.717) is 28.7 Å². The second-order valence-corrected chi connectivity index (χ2v) is 6.84. The quantitative estimate of drug-likeness (QED) is 0.252. The van der Waals surface area contributed by atoms with Crippen molar-refractivity contribution in [2.45, 2.75) is 0 Å². The van der Waals surface area contributed by atoms with Crippen LogP contribution >= 0.6 is 0 Å². The molecule has 0 unspecified atom stereocenters. The van der Waals surface area contributed by atoms with E-state index in [0.717, 1.165) is 17.0 Å². The topological polar surface area (TPSA) is 109 Å². The lowest BCUT2D eigenvalue weighted by Crippen LogP contribution is -2.21. The molecule has 0 aliphatic rings. The third kappa shape index (κ3) is 4.39. The number of hydrogen-bond acceptors (Lipinski definition) is 6. The molecule has 0 radical (unpaired) electrons. The fourth-order valence-electron chi connectivity index (χ4n) is 3.06. The van der Waals surface area contributed by atoms with E-state index in [2.05, 4.69) is 25.6 Å². The number of oxazole rings is 1. The van der Waals surface area contributed by atoms with Crippen LogP contribution in [0.2, 0.25) is 0 Å². The van der Waals surface area contributed by atoms with Crippen LogP contribution in [0.15, 0.2) is 95.7 Å². The molecule has 0 saturated carbocycles. The highest BCUT2D eigenvalue weighted by Crippen LogP contribution is 2.25. The number of fused-ring (bicyclic) bond motifs is 1. The standard InChI is InChI=1S/C24H18N6O2/c25-24(28-17-8-10-19(11-9-17)31-18-5-2-1-3-6-18)29-21-15-16(12-14-26-21)23-30-22-20(32-23)7-4-13-27-22/h1-15H,(H3,25,26,28,29). The van der Waals surface area contributed by atoms with Gasteiger partial charge in [0, 0.05) is 23.6 Å². The highest BCUT2D eigenvalue weighted by molar-refractivity contribution is 6.01. The summed E-state index contributed by atoms with van der Waals surface area (Å²) in [5.74, 6) is 2.48. The molecule has 0 amide bonds. The summed E-state index contributed by atoms with van der Waals surface area (Å²) < 4.78 is 11.5. The number of hydrogen-bond donors (Lipinski definition) is 3. The fraction of sp³-hybridized carbons (Fsp3) is 0. The number of ether oxygens (including phenoxy) is 1. The van der Waals surface area contributed by atoms with Crippen LogP contribution in [0.5, 0.6) is 11.5 Å². The van der Waals surface area contributed by atoms with E-state index in [1.165, 1.54) is 0 Å². The van der Waals surface area contributed by atoms with Gasteiger partial charge < -0.3 is 19.8 Å². The van der Waals surface area contributed by atoms with Gasteiger partial charge in [-0.1, -0.05) is 18.2 Å². The van der Waals surface area contributed by atoms with Crippen LogP contribution in [-0.2, 0) is 0 Å². The van der Waals surface area contributed by atoms with Gasteiger partial charge in [0.2, 0.25) is 5.89 Å². The van der Waals surface area contributed by atoms with Gasteiger partial charge >= 0.3 is 0 Å². The van der Waals surface area contributed by atoms with Crippen molar-refractivity contribution in [2.75, 3.05) is 10.6 Å². The van der Waals surface area contributed by atoms with Crippen LogP contribution in [0.3, 0.4) is 0 Å². The molecule has 156 valence electrons. The molecule has 0 spiro atoms. The summed E-state index contributed by atoms with van der Waals surface area (Å²) in [6.45, 7) is 0. The molecule has 0 bridgehead atoms. The Balaban J connectivity index is 1.24. The molecule has 3 N–H and O–H groups in total. The van der Waals surface area contributed by atoms with Gasteiger partial charge in [-0.05, 0) is 60.7 Å². The van der Waals surface area contributed by atoms with E-state index >= 15 is 0 Å². The molecule has 5 rings (SSSR count). The predicted octanol–water partition coefficient (Wildman–Crippen LogP) is 5.54. The van der Waals surface area contributed by atoms with Crippen LogP contribution in [0.4, 0.5) is 11.5 Å². The van der Waals surface area contributed by atoms with Crippen molar-refractivity contribution in [1.29, 1.82) is 5.41 Å². The Morgan fingerprint density at radius 1 is 0.812 bits per heavy atom. The number of para-hydroxylation sites is 1. The minimum atomic E-state index is 0.0746. The lowest BCUT2D eigenvalue weighted by molar-refractivity contribution is 0.483. The minimum Gasteiger partial charge on any atom is -0.457 e. The monoisotopic (exact) mass is 422 g/mol. The van der Waals surface area contributed by atoms with Crippen LogP contribution in [0, 0.1) is 5.41 Å². The highest BCUT2D eigenvalue weighted by Gasteiger charge is 2.10. The summed E-state index contributed by atoms with van der Waals surface area (Å²) in [5, 5.41) is 14.1. The largest absolute Gasteiger partial charge is 0.457 e. The maximum atomic E-state index is 8.22. The molecule has 3 heterocycles. The maximum absolute atomic E-state index is 8.22. The van der Waals surface area contributed by atoms with Crippen molar-refractivity contribution in [2.24, 2.45) is 0 Å². The average molecular weight is 422 g/mol. The Bertz CT molecular complexity index is 1330. The van der Waals surface area contributed by atoms with Crippen molar-refractivity contribution in [1.82, 2.24) is 15.0 Å². The first-order valence-electron chi connectivity index (χ1n) is 9.86. The van der Waals surface area contributed by atoms with Gasteiger partial charge in [-0.15, -0.1) is 0 Å². The Hall–Kier alpha value is -4.72. The van der Waals surface area contributed by atoms with Crippen LogP contribution in [0.25, 0.3) is 22.7 Å². The molecular weight excluding hydrogens is 404 g/mol. The minimum absolute atomic E-state index is 0.0746. The molecule has 32 heavy (non-hydrogen) atoms. The lowest BCUT2D eigenvalue weighted by Gasteiger charge is -2.11. The molecule has 2 aromatic carbocycles. The number of rotatable bonds is 5. The van der Waals surface area contributed by atoms with Crippen LogP contribution in [0.1, 0.15) is 0 Å². The van der Waals surface area contributed by atoms with Gasteiger partial charge in [0.25, 0.3) is 0 Å². The number of nitrogens with zero attached hydrogens (tertiary/aromatic N) is 3. The molecular formula is C24H18N6O2. The molecule has 0 saturated heterocycles. The zero-order chi connectivity index (χ0) is 21.8. The molecule has 3 aromatic heterocycles. The Morgan fingerprint density at radius 3 is 2.44 bits per heavy atom. The second kappa shape index (κ2) is 8.57. The zero-order valence-electron chi connectivity index (χ0n) is 16.8. The third-order valence-electron chi connectivity index (χ3n) is 4.53. The number of nitrogens with one attached hydrogen (secondary N) is 3. The molecule has 5 aromatic rings. The average Bonchev–Trinajstić information content (AvgIpc) is 3.26. The van der Waals surface area contributed by atoms with Gasteiger partial charge in [0.15, 0.2) is 17.2 Å². The van der Waals surface area contributed by atoms with E-state index in [4.69, 9.17) is 14.6 Å². The summed E-state index contributed by atoms with van der Waals surface area (Å²) in [4.78, 5) is 12.8. The van der Waals surface area contributed by atoms with Gasteiger partial charge in [0.1, 0.15) is 17.3 Å². The van der Waals surface area contributed by atoms with Crippen molar-refractivity contribution in [3.8, 4) is 23.0 Å². The number of guanidine groups is 1. The first-order chi connectivity index (χ1) is 15.7. The normalized spacial score (nSPS) is 10.6. The summed E-state index contributed by atoms with van der Waals surface area (Å²) in [5.41, 5.74) is 2.63. The summed E-state index contributed by atoms with van der Waals surface area (Å²) >= 11 is 0. The summed E-state index contributed by atoms with van der Waals surface area (Å²) in [7, 11) is 0. The van der Waals surface area contributed by atoms with Crippen LogP contribution in [-0.4, -0.2) is 20.9 Å². The Kier molecular flexibility index (Phi) is 5.15. The number of anilines is 2. The first-order valence-corrected chi connectivity index (χ1v) is 9.86. The van der Waals surface area contributed by atoms with Crippen molar-refractivity contribution in [3.63, 3.8) is 0 Å². The number of pyridine rings is 2. The van der Waals surface area contributed by atoms with Gasteiger partial charge in [-0.2, -0.15) is 4.98 Å². The van der Waals surface area contributed by atoms with E-state index in [9.17, 15) is 0 Å². The predicted molar refractivity (Wildman–Crippen MR) is 123 cm³/mol. The van der Waals surface area contributed by atoms with Crippen molar-refractivity contribution in [3.05, 3.63) is 91.3 Å². The first kappa shape index (κ1) is 19.3. The molecule has 8 nitrogen and oxygen atoms in total. The van der Waals surface area contributed by atoms with Gasteiger partial charge in [-0.3, -0.25) is 5.41 Å². The van der Waals surface area contributed by atoms with Crippen molar-refractivity contribution < 1.29 is 9.15 Å². The molecule has 8 heteroatoms. The Labute approximate surface area is 183 Å². The summed E-state index contributed by atoms with van der Waals surface area (Å²) in [6.07, 6.45) is 3.30. The third-order valence-corrected chi connectivity index (χ3v) is 4.53. The Morgan fingerprint density at radius 2 is 1.62 bits per heavy atom.